The van der Waals surface area contributed by atoms with Gasteiger partial charge in [-0.3, -0.25) is 0 Å². The molecular weight excluding hydrogens is 269 g/mol. The van der Waals surface area contributed by atoms with E-state index in [1.807, 2.05) is 17.6 Å². The first kappa shape index (κ1) is 13.2. The number of nitrogen functional groups attached to an aromatic ring is 1. The smallest absolute Gasteiger partial charge is 0.131 e. The molecule has 0 amide bonds. The van der Waals surface area contributed by atoms with E-state index < -0.39 is 0 Å². The Morgan fingerprint density at radius 1 is 1.28 bits per heavy atom. The van der Waals surface area contributed by atoms with Gasteiger partial charge in [-0.25, -0.2) is 4.98 Å². The third kappa shape index (κ3) is 2.33. The van der Waals surface area contributed by atoms with Gasteiger partial charge < -0.3 is 10.3 Å². The van der Waals surface area contributed by atoms with E-state index in [2.05, 4.69) is 11.9 Å². The molecule has 0 atom stereocenters. The molecule has 1 aromatic carbocycles. The average Bonchev–Trinajstić information content (AvgIpc) is 2.61. The van der Waals surface area contributed by atoms with E-state index in [-0.39, 0.29) is 0 Å². The topological polar surface area (TPSA) is 43.8 Å². The van der Waals surface area contributed by atoms with Crippen LogP contribution in [-0.4, -0.2) is 9.55 Å². The quantitative estimate of drug-likeness (QED) is 0.919. The highest BCUT2D eigenvalue weighted by Gasteiger charge is 2.13. The Morgan fingerprint density at radius 2 is 2.00 bits per heavy atom. The van der Waals surface area contributed by atoms with Crippen molar-refractivity contribution in [3.05, 3.63) is 34.1 Å². The summed E-state index contributed by atoms with van der Waals surface area (Å²) in [6, 6.07) is 5.42. The zero-order valence-corrected chi connectivity index (χ0v) is 11.9. The van der Waals surface area contributed by atoms with Gasteiger partial charge in [-0.05, 0) is 25.5 Å². The van der Waals surface area contributed by atoms with Gasteiger partial charge in [0.1, 0.15) is 17.3 Å². The molecule has 0 fully saturated rings. The lowest BCUT2D eigenvalue weighted by molar-refractivity contribution is 0.665. The minimum atomic E-state index is 0.510. The number of aryl methyl sites for hydroxylation is 1. The Labute approximate surface area is 117 Å². The SMILES string of the molecule is CCCn1c(C)nc(-c2ccc(Cl)c(Cl)c2)c1N. The lowest BCUT2D eigenvalue weighted by Crippen LogP contribution is -2.04. The Morgan fingerprint density at radius 3 is 2.61 bits per heavy atom. The van der Waals surface area contributed by atoms with Gasteiger partial charge >= 0.3 is 0 Å². The molecule has 0 aliphatic rings. The zero-order chi connectivity index (χ0) is 13.3. The van der Waals surface area contributed by atoms with Crippen LogP contribution in [0.5, 0.6) is 0 Å². The summed E-state index contributed by atoms with van der Waals surface area (Å²) < 4.78 is 2.01. The molecule has 96 valence electrons. The molecule has 0 bridgehead atoms. The van der Waals surface area contributed by atoms with Gasteiger partial charge in [0, 0.05) is 12.1 Å². The number of nitrogens with two attached hydrogens (primary N) is 1. The fraction of sp³-hybridized carbons (Fsp3) is 0.308. The summed E-state index contributed by atoms with van der Waals surface area (Å²) in [4.78, 5) is 4.51. The summed E-state index contributed by atoms with van der Waals surface area (Å²) in [7, 11) is 0. The number of rotatable bonds is 3. The maximum Gasteiger partial charge on any atom is 0.131 e. The van der Waals surface area contributed by atoms with Crippen molar-refractivity contribution in [2.45, 2.75) is 26.8 Å². The Hall–Kier alpha value is -1.19. The summed E-state index contributed by atoms with van der Waals surface area (Å²) in [5.74, 6) is 1.59. The molecule has 0 radical (unpaired) electrons. The second-order valence-electron chi connectivity index (χ2n) is 4.17. The molecule has 1 heterocycles. The highest BCUT2D eigenvalue weighted by atomic mass is 35.5. The number of aromatic nitrogens is 2. The summed E-state index contributed by atoms with van der Waals surface area (Å²) in [6.07, 6.45) is 1.02. The van der Waals surface area contributed by atoms with E-state index in [4.69, 9.17) is 28.9 Å². The number of hydrogen-bond acceptors (Lipinski definition) is 2. The fourth-order valence-electron chi connectivity index (χ4n) is 1.94. The van der Waals surface area contributed by atoms with E-state index in [0.717, 1.165) is 30.0 Å². The van der Waals surface area contributed by atoms with Crippen molar-refractivity contribution in [3.63, 3.8) is 0 Å². The van der Waals surface area contributed by atoms with Gasteiger partial charge in [0.2, 0.25) is 0 Å². The molecule has 18 heavy (non-hydrogen) atoms. The van der Waals surface area contributed by atoms with Gasteiger partial charge in [0.05, 0.1) is 10.0 Å². The van der Waals surface area contributed by atoms with Crippen LogP contribution < -0.4 is 5.73 Å². The molecule has 0 unspecified atom stereocenters. The Balaban J connectivity index is 2.50. The first-order chi connectivity index (χ1) is 8.54. The second kappa shape index (κ2) is 5.21. The van der Waals surface area contributed by atoms with Crippen molar-refractivity contribution in [3.8, 4) is 11.3 Å². The first-order valence-electron chi connectivity index (χ1n) is 5.82. The van der Waals surface area contributed by atoms with Crippen LogP contribution >= 0.6 is 23.2 Å². The lowest BCUT2D eigenvalue weighted by atomic mass is 10.1. The molecule has 0 aliphatic carbocycles. The summed E-state index contributed by atoms with van der Waals surface area (Å²) in [6.45, 7) is 4.93. The van der Waals surface area contributed by atoms with E-state index in [9.17, 15) is 0 Å². The van der Waals surface area contributed by atoms with Crippen LogP contribution in [0.1, 0.15) is 19.2 Å². The number of benzene rings is 1. The molecule has 0 spiro atoms. The van der Waals surface area contributed by atoms with Crippen LogP contribution in [0.15, 0.2) is 18.2 Å². The predicted molar refractivity (Wildman–Crippen MR) is 77.1 cm³/mol. The molecule has 2 N–H and O–H groups in total. The first-order valence-corrected chi connectivity index (χ1v) is 6.58. The minimum absolute atomic E-state index is 0.510. The Kier molecular flexibility index (Phi) is 3.83. The standard InChI is InChI=1S/C13H15Cl2N3/c1-3-6-18-8(2)17-12(13(18)16)9-4-5-10(14)11(15)7-9/h4-5,7H,3,6,16H2,1-2H3. The zero-order valence-electron chi connectivity index (χ0n) is 10.4. The van der Waals surface area contributed by atoms with Gasteiger partial charge in [-0.15, -0.1) is 0 Å². The molecule has 5 heteroatoms. The molecule has 0 saturated heterocycles. The van der Waals surface area contributed by atoms with Crippen molar-refractivity contribution < 1.29 is 0 Å². The van der Waals surface area contributed by atoms with Crippen molar-refractivity contribution >= 4 is 29.0 Å². The number of imidazole rings is 1. The monoisotopic (exact) mass is 283 g/mol. The average molecular weight is 284 g/mol. The largest absolute Gasteiger partial charge is 0.383 e. The van der Waals surface area contributed by atoms with Crippen LogP contribution in [0, 0.1) is 6.92 Å². The maximum atomic E-state index is 6.13. The highest BCUT2D eigenvalue weighted by Crippen LogP contribution is 2.31. The minimum Gasteiger partial charge on any atom is -0.383 e. The van der Waals surface area contributed by atoms with Crippen LogP contribution in [0.25, 0.3) is 11.3 Å². The molecular formula is C13H15Cl2N3. The van der Waals surface area contributed by atoms with Crippen LogP contribution in [-0.2, 0) is 6.54 Å². The fourth-order valence-corrected chi connectivity index (χ4v) is 2.24. The van der Waals surface area contributed by atoms with Crippen LogP contribution in [0.3, 0.4) is 0 Å². The van der Waals surface area contributed by atoms with Gasteiger partial charge in [0.15, 0.2) is 0 Å². The molecule has 2 rings (SSSR count). The van der Waals surface area contributed by atoms with E-state index in [1.54, 1.807) is 12.1 Å². The predicted octanol–water partition coefficient (Wildman–Crippen LogP) is 4.16. The van der Waals surface area contributed by atoms with E-state index >= 15 is 0 Å². The van der Waals surface area contributed by atoms with Gasteiger partial charge in [0.25, 0.3) is 0 Å². The summed E-state index contributed by atoms with van der Waals surface area (Å²) in [5, 5.41) is 1.04. The van der Waals surface area contributed by atoms with Crippen molar-refractivity contribution in [1.82, 2.24) is 9.55 Å². The molecule has 3 nitrogen and oxygen atoms in total. The molecule has 2 aromatic rings. The number of anilines is 1. The van der Waals surface area contributed by atoms with Crippen molar-refractivity contribution in [2.75, 3.05) is 5.73 Å². The molecule has 0 aliphatic heterocycles. The highest BCUT2D eigenvalue weighted by molar-refractivity contribution is 6.42. The number of halogens is 2. The van der Waals surface area contributed by atoms with Gasteiger partial charge in [-0.1, -0.05) is 36.2 Å². The third-order valence-electron chi connectivity index (χ3n) is 2.84. The van der Waals surface area contributed by atoms with Crippen molar-refractivity contribution in [2.24, 2.45) is 0 Å². The molecule has 1 aromatic heterocycles. The summed E-state index contributed by atoms with van der Waals surface area (Å²) >= 11 is 11.9. The van der Waals surface area contributed by atoms with E-state index in [0.29, 0.717) is 15.9 Å². The van der Waals surface area contributed by atoms with Gasteiger partial charge in [-0.2, -0.15) is 0 Å². The van der Waals surface area contributed by atoms with Crippen molar-refractivity contribution in [1.29, 1.82) is 0 Å². The van der Waals surface area contributed by atoms with Crippen LogP contribution in [0.2, 0.25) is 10.0 Å². The lowest BCUT2D eigenvalue weighted by Gasteiger charge is -2.06. The third-order valence-corrected chi connectivity index (χ3v) is 3.58. The number of nitrogens with zero attached hydrogens (tertiary/aromatic N) is 2. The molecule has 0 saturated carbocycles. The van der Waals surface area contributed by atoms with Crippen LogP contribution in [0.4, 0.5) is 5.82 Å². The summed E-state index contributed by atoms with van der Waals surface area (Å²) in [5.41, 5.74) is 7.79. The Bertz CT molecular complexity index is 576. The van der Waals surface area contributed by atoms with E-state index in [1.165, 1.54) is 0 Å². The normalized spacial score (nSPS) is 10.9. The maximum absolute atomic E-state index is 6.13. The second-order valence-corrected chi connectivity index (χ2v) is 4.99. The number of hydrogen-bond donors (Lipinski definition) is 1.